The van der Waals surface area contributed by atoms with E-state index in [1.165, 1.54) is 17.7 Å². The molecule has 0 saturated carbocycles. The van der Waals surface area contributed by atoms with Crippen LogP contribution in [0.4, 0.5) is 10.1 Å². The molecule has 3 rings (SSSR count). The van der Waals surface area contributed by atoms with E-state index < -0.39 is 0 Å². The highest BCUT2D eigenvalue weighted by Gasteiger charge is 2.02. The number of nitrogens with one attached hydrogen (secondary N) is 2. The Morgan fingerprint density at radius 2 is 1.79 bits per heavy atom. The van der Waals surface area contributed by atoms with Gasteiger partial charge in [-0.1, -0.05) is 42.5 Å². The molecular formula is C18H17FN4S. The summed E-state index contributed by atoms with van der Waals surface area (Å²) in [6.07, 6.45) is 3.63. The van der Waals surface area contributed by atoms with Gasteiger partial charge in [-0.05, 0) is 35.5 Å². The number of benzene rings is 2. The van der Waals surface area contributed by atoms with Crippen molar-refractivity contribution in [3.8, 4) is 0 Å². The molecule has 1 aromatic heterocycles. The highest BCUT2D eigenvalue weighted by atomic mass is 32.1. The molecular weight excluding hydrogens is 323 g/mol. The SMILES string of the molecule is Fc1ccc(CNC(=S)Nc2cnn(Cc3ccccc3)c2)cc1. The van der Waals surface area contributed by atoms with Crippen LogP contribution >= 0.6 is 12.2 Å². The minimum Gasteiger partial charge on any atom is -0.358 e. The van der Waals surface area contributed by atoms with Gasteiger partial charge in [0.15, 0.2) is 5.11 Å². The van der Waals surface area contributed by atoms with Crippen molar-refractivity contribution in [1.82, 2.24) is 15.1 Å². The third-order valence-corrected chi connectivity index (χ3v) is 3.69. The van der Waals surface area contributed by atoms with E-state index in [9.17, 15) is 4.39 Å². The van der Waals surface area contributed by atoms with E-state index in [1.54, 1.807) is 18.3 Å². The first-order valence-corrected chi connectivity index (χ1v) is 7.95. The summed E-state index contributed by atoms with van der Waals surface area (Å²) in [7, 11) is 0. The van der Waals surface area contributed by atoms with Crippen LogP contribution in [-0.4, -0.2) is 14.9 Å². The van der Waals surface area contributed by atoms with Crippen LogP contribution in [0.3, 0.4) is 0 Å². The number of hydrogen-bond acceptors (Lipinski definition) is 2. The van der Waals surface area contributed by atoms with Gasteiger partial charge in [-0.15, -0.1) is 0 Å². The van der Waals surface area contributed by atoms with Crippen molar-refractivity contribution in [1.29, 1.82) is 0 Å². The largest absolute Gasteiger partial charge is 0.358 e. The first kappa shape index (κ1) is 16.1. The fourth-order valence-corrected chi connectivity index (χ4v) is 2.43. The minimum atomic E-state index is -0.245. The van der Waals surface area contributed by atoms with Crippen molar-refractivity contribution < 1.29 is 4.39 Å². The monoisotopic (exact) mass is 340 g/mol. The van der Waals surface area contributed by atoms with Gasteiger partial charge in [0.05, 0.1) is 18.4 Å². The Balaban J connectivity index is 1.50. The van der Waals surface area contributed by atoms with Crippen LogP contribution in [0.15, 0.2) is 67.0 Å². The quantitative estimate of drug-likeness (QED) is 0.697. The maximum atomic E-state index is 12.9. The standard InChI is InChI=1S/C18H17FN4S/c19-16-8-6-14(7-9-16)10-20-18(24)22-17-11-21-23(13-17)12-15-4-2-1-3-5-15/h1-9,11,13H,10,12H2,(H2,20,22,24). The lowest BCUT2D eigenvalue weighted by molar-refractivity contribution is 0.627. The number of thiocarbonyl (C=S) groups is 1. The molecule has 6 heteroatoms. The molecule has 0 aliphatic heterocycles. The van der Waals surface area contributed by atoms with Gasteiger partial charge in [0.1, 0.15) is 5.82 Å². The maximum absolute atomic E-state index is 12.9. The average molecular weight is 340 g/mol. The summed E-state index contributed by atoms with van der Waals surface area (Å²) in [5.74, 6) is -0.245. The number of hydrogen-bond donors (Lipinski definition) is 2. The molecule has 2 aromatic carbocycles. The molecule has 2 N–H and O–H groups in total. The molecule has 0 radical (unpaired) electrons. The molecule has 1 heterocycles. The highest BCUT2D eigenvalue weighted by Crippen LogP contribution is 2.08. The predicted octanol–water partition coefficient (Wildman–Crippen LogP) is 3.56. The van der Waals surface area contributed by atoms with E-state index in [0.717, 1.165) is 11.3 Å². The summed E-state index contributed by atoms with van der Waals surface area (Å²) in [5.41, 5.74) is 2.96. The lowest BCUT2D eigenvalue weighted by Gasteiger charge is -2.09. The van der Waals surface area contributed by atoms with Crippen LogP contribution in [0.25, 0.3) is 0 Å². The Bertz CT molecular complexity index is 799. The van der Waals surface area contributed by atoms with E-state index in [0.29, 0.717) is 18.2 Å². The lowest BCUT2D eigenvalue weighted by atomic mass is 10.2. The fraction of sp³-hybridized carbons (Fsp3) is 0.111. The lowest BCUT2D eigenvalue weighted by Crippen LogP contribution is -2.27. The van der Waals surface area contributed by atoms with Crippen molar-refractivity contribution in [2.45, 2.75) is 13.1 Å². The van der Waals surface area contributed by atoms with Crippen LogP contribution in [0.1, 0.15) is 11.1 Å². The summed E-state index contributed by atoms with van der Waals surface area (Å²) in [4.78, 5) is 0. The topological polar surface area (TPSA) is 41.9 Å². The minimum absolute atomic E-state index is 0.245. The molecule has 0 bridgehead atoms. The molecule has 24 heavy (non-hydrogen) atoms. The zero-order valence-electron chi connectivity index (χ0n) is 12.9. The van der Waals surface area contributed by atoms with Gasteiger partial charge < -0.3 is 10.6 Å². The summed E-state index contributed by atoms with van der Waals surface area (Å²) < 4.78 is 14.7. The average Bonchev–Trinajstić information content (AvgIpc) is 3.02. The zero-order chi connectivity index (χ0) is 16.8. The molecule has 0 aliphatic rings. The van der Waals surface area contributed by atoms with Gasteiger partial charge in [-0.25, -0.2) is 4.39 Å². The van der Waals surface area contributed by atoms with Crippen molar-refractivity contribution in [3.63, 3.8) is 0 Å². The Hall–Kier alpha value is -2.73. The van der Waals surface area contributed by atoms with E-state index in [1.807, 2.05) is 29.1 Å². The summed E-state index contributed by atoms with van der Waals surface area (Å²) in [5, 5.41) is 11.0. The first-order valence-electron chi connectivity index (χ1n) is 7.55. The van der Waals surface area contributed by atoms with E-state index in [2.05, 4.69) is 27.9 Å². The molecule has 0 aliphatic carbocycles. The van der Waals surface area contributed by atoms with E-state index in [4.69, 9.17) is 12.2 Å². The number of rotatable bonds is 5. The van der Waals surface area contributed by atoms with Crippen LogP contribution < -0.4 is 10.6 Å². The van der Waals surface area contributed by atoms with Crippen LogP contribution in [0.2, 0.25) is 0 Å². The van der Waals surface area contributed by atoms with Gasteiger partial charge in [-0.3, -0.25) is 4.68 Å². The second-order valence-corrected chi connectivity index (χ2v) is 5.75. The molecule has 0 amide bonds. The van der Waals surface area contributed by atoms with Crippen LogP contribution in [0.5, 0.6) is 0 Å². The van der Waals surface area contributed by atoms with Gasteiger partial charge in [0.25, 0.3) is 0 Å². The number of aromatic nitrogens is 2. The summed E-state index contributed by atoms with van der Waals surface area (Å²) in [6.45, 7) is 1.24. The van der Waals surface area contributed by atoms with Gasteiger partial charge >= 0.3 is 0 Å². The Kier molecular flexibility index (Phi) is 5.18. The second kappa shape index (κ2) is 7.70. The van der Waals surface area contributed by atoms with Crippen LogP contribution in [-0.2, 0) is 13.1 Å². The second-order valence-electron chi connectivity index (χ2n) is 5.35. The zero-order valence-corrected chi connectivity index (χ0v) is 13.8. The first-order chi connectivity index (χ1) is 11.7. The third kappa shape index (κ3) is 4.63. The number of nitrogens with zero attached hydrogens (tertiary/aromatic N) is 2. The number of halogens is 1. The molecule has 122 valence electrons. The van der Waals surface area contributed by atoms with Gasteiger partial charge in [-0.2, -0.15) is 5.10 Å². The molecule has 0 atom stereocenters. The normalized spacial score (nSPS) is 10.4. The van der Waals surface area contributed by atoms with Crippen molar-refractivity contribution in [2.24, 2.45) is 0 Å². The van der Waals surface area contributed by atoms with Gasteiger partial charge in [0.2, 0.25) is 0 Å². The molecule has 4 nitrogen and oxygen atoms in total. The Labute approximate surface area is 145 Å². The summed E-state index contributed by atoms with van der Waals surface area (Å²) in [6, 6.07) is 16.4. The Morgan fingerprint density at radius 1 is 1.04 bits per heavy atom. The third-order valence-electron chi connectivity index (χ3n) is 3.44. The van der Waals surface area contributed by atoms with E-state index >= 15 is 0 Å². The highest BCUT2D eigenvalue weighted by molar-refractivity contribution is 7.80. The van der Waals surface area contributed by atoms with Crippen molar-refractivity contribution >= 4 is 23.0 Å². The molecule has 0 spiro atoms. The maximum Gasteiger partial charge on any atom is 0.171 e. The summed E-state index contributed by atoms with van der Waals surface area (Å²) >= 11 is 5.27. The molecule has 0 unspecified atom stereocenters. The molecule has 0 fully saturated rings. The predicted molar refractivity (Wildman–Crippen MR) is 97.2 cm³/mol. The van der Waals surface area contributed by atoms with Crippen molar-refractivity contribution in [2.75, 3.05) is 5.32 Å². The van der Waals surface area contributed by atoms with Gasteiger partial charge in [0, 0.05) is 12.7 Å². The molecule has 3 aromatic rings. The smallest absolute Gasteiger partial charge is 0.171 e. The number of anilines is 1. The fourth-order valence-electron chi connectivity index (χ4n) is 2.24. The van der Waals surface area contributed by atoms with Crippen molar-refractivity contribution in [3.05, 3.63) is 83.9 Å². The van der Waals surface area contributed by atoms with Crippen LogP contribution in [0, 0.1) is 5.82 Å². The Morgan fingerprint density at radius 3 is 2.54 bits per heavy atom. The molecule has 0 saturated heterocycles. The van der Waals surface area contributed by atoms with E-state index in [-0.39, 0.29) is 5.82 Å².